The van der Waals surface area contributed by atoms with Crippen molar-refractivity contribution >= 4 is 38.6 Å². The zero-order valence-electron chi connectivity index (χ0n) is 31.5. The highest BCUT2D eigenvalue weighted by atomic mass is 15.1. The third-order valence-corrected chi connectivity index (χ3v) is 11.0. The average molecular weight is 726 g/mol. The molecule has 10 aromatic carbocycles. The number of fused-ring (bicyclic) bond motifs is 3. The quantitative estimate of drug-likeness (QED) is 0.141. The molecule has 0 fully saturated rings. The van der Waals surface area contributed by atoms with Gasteiger partial charge < -0.3 is 4.90 Å². The van der Waals surface area contributed by atoms with E-state index in [0.29, 0.717) is 0 Å². The Morgan fingerprint density at radius 1 is 0.228 bits per heavy atom. The fourth-order valence-corrected chi connectivity index (χ4v) is 8.47. The highest BCUT2D eigenvalue weighted by molar-refractivity contribution is 6.22. The maximum atomic E-state index is 2.44. The molecule has 0 saturated carbocycles. The summed E-state index contributed by atoms with van der Waals surface area (Å²) in [5.41, 5.74) is 15.3. The number of anilines is 3. The van der Waals surface area contributed by atoms with Gasteiger partial charge in [0.25, 0.3) is 0 Å². The number of hydrogen-bond acceptors (Lipinski definition) is 1. The second-order valence-electron chi connectivity index (χ2n) is 14.4. The van der Waals surface area contributed by atoms with Gasteiger partial charge in [-0.3, -0.25) is 0 Å². The normalized spacial score (nSPS) is 11.2. The molecule has 0 aliphatic carbocycles. The first-order chi connectivity index (χ1) is 28.3. The van der Waals surface area contributed by atoms with Gasteiger partial charge in [-0.05, 0) is 96.4 Å². The molecule has 0 aromatic heterocycles. The van der Waals surface area contributed by atoms with Crippen molar-refractivity contribution in [3.8, 4) is 55.6 Å². The van der Waals surface area contributed by atoms with E-state index < -0.39 is 0 Å². The summed E-state index contributed by atoms with van der Waals surface area (Å²) in [7, 11) is 0. The highest BCUT2D eigenvalue weighted by Gasteiger charge is 2.22. The van der Waals surface area contributed by atoms with Gasteiger partial charge in [0, 0.05) is 16.8 Å². The first kappa shape index (κ1) is 34.0. The van der Waals surface area contributed by atoms with Crippen molar-refractivity contribution in [2.75, 3.05) is 4.90 Å². The van der Waals surface area contributed by atoms with Crippen LogP contribution >= 0.6 is 0 Å². The lowest BCUT2D eigenvalue weighted by atomic mass is 9.84. The van der Waals surface area contributed by atoms with Gasteiger partial charge in [-0.1, -0.05) is 206 Å². The molecular weight excluding hydrogens is 687 g/mol. The lowest BCUT2D eigenvalue weighted by molar-refractivity contribution is 1.28. The van der Waals surface area contributed by atoms with Crippen LogP contribution in [0.1, 0.15) is 0 Å². The van der Waals surface area contributed by atoms with E-state index >= 15 is 0 Å². The van der Waals surface area contributed by atoms with Crippen molar-refractivity contribution < 1.29 is 0 Å². The molecule has 0 aliphatic heterocycles. The number of nitrogens with zero attached hydrogens (tertiary/aromatic N) is 1. The van der Waals surface area contributed by atoms with E-state index in [1.165, 1.54) is 71.6 Å². The Bertz CT molecular complexity index is 2910. The number of rotatable bonds is 8. The van der Waals surface area contributed by atoms with Crippen molar-refractivity contribution in [3.63, 3.8) is 0 Å². The summed E-state index contributed by atoms with van der Waals surface area (Å²) in [5, 5.41) is 5.00. The van der Waals surface area contributed by atoms with Crippen LogP contribution < -0.4 is 4.90 Å². The third kappa shape index (κ3) is 6.36. The van der Waals surface area contributed by atoms with Gasteiger partial charge in [-0.15, -0.1) is 0 Å². The summed E-state index contributed by atoms with van der Waals surface area (Å²) in [6.07, 6.45) is 0. The highest BCUT2D eigenvalue weighted by Crippen LogP contribution is 2.47. The minimum Gasteiger partial charge on any atom is -0.309 e. The largest absolute Gasteiger partial charge is 0.309 e. The van der Waals surface area contributed by atoms with Crippen LogP contribution in [0.4, 0.5) is 17.1 Å². The van der Waals surface area contributed by atoms with Gasteiger partial charge in [-0.2, -0.15) is 0 Å². The molecule has 0 spiro atoms. The van der Waals surface area contributed by atoms with Crippen molar-refractivity contribution in [3.05, 3.63) is 237 Å². The fraction of sp³-hybridized carbons (Fsp3) is 0. The van der Waals surface area contributed by atoms with Gasteiger partial charge in [0.1, 0.15) is 0 Å². The van der Waals surface area contributed by atoms with Crippen LogP contribution in [0.2, 0.25) is 0 Å². The lowest BCUT2D eigenvalue weighted by Gasteiger charge is -2.30. The molecule has 0 aliphatic rings. The predicted octanol–water partition coefficient (Wildman–Crippen LogP) is 15.8. The minimum atomic E-state index is 1.09. The molecule has 0 saturated heterocycles. The molecule has 0 heterocycles. The number of hydrogen-bond donors (Lipinski definition) is 0. The van der Waals surface area contributed by atoms with Crippen LogP contribution in [0.15, 0.2) is 237 Å². The number of para-hydroxylation sites is 2. The first-order valence-corrected chi connectivity index (χ1v) is 19.6. The van der Waals surface area contributed by atoms with E-state index in [9.17, 15) is 0 Å². The standard InChI is InChI=1S/C56H39N/c1-5-20-40(21-6-1)47-30-15-17-34-53(47)57(54-35-18-16-31-48(54)41-22-7-2-8-23-41)46-29-19-28-44(38-46)45-36-37-50-49-32-13-14-33-51(49)55(42-24-9-3-10-25-42)56(52(50)39-45)43-26-11-4-12-27-43/h1-39H. The van der Waals surface area contributed by atoms with Crippen molar-refractivity contribution in [1.82, 2.24) is 0 Å². The van der Waals surface area contributed by atoms with E-state index in [1.807, 2.05) is 0 Å². The van der Waals surface area contributed by atoms with Crippen molar-refractivity contribution in [2.45, 2.75) is 0 Å². The molecular formula is C56H39N. The molecule has 1 nitrogen and oxygen atoms in total. The van der Waals surface area contributed by atoms with Crippen LogP contribution in [0.3, 0.4) is 0 Å². The molecule has 57 heavy (non-hydrogen) atoms. The zero-order chi connectivity index (χ0) is 38.0. The summed E-state index contributed by atoms with van der Waals surface area (Å²) in [5.74, 6) is 0. The van der Waals surface area contributed by atoms with Crippen LogP contribution in [0.25, 0.3) is 77.2 Å². The monoisotopic (exact) mass is 725 g/mol. The van der Waals surface area contributed by atoms with Gasteiger partial charge >= 0.3 is 0 Å². The smallest absolute Gasteiger partial charge is 0.0540 e. The minimum absolute atomic E-state index is 1.09. The second-order valence-corrected chi connectivity index (χ2v) is 14.4. The SMILES string of the molecule is c1ccc(-c2ccccc2N(c2cccc(-c3ccc4c(c3)c(-c3ccccc3)c(-c3ccccc3)c3ccccc34)c2)c2ccccc2-c2ccccc2)cc1. The predicted molar refractivity (Wildman–Crippen MR) is 243 cm³/mol. The van der Waals surface area contributed by atoms with Gasteiger partial charge in [0.2, 0.25) is 0 Å². The summed E-state index contributed by atoms with van der Waals surface area (Å²) < 4.78 is 0. The Morgan fingerprint density at radius 3 is 1.19 bits per heavy atom. The zero-order valence-corrected chi connectivity index (χ0v) is 31.5. The van der Waals surface area contributed by atoms with Crippen molar-refractivity contribution in [1.29, 1.82) is 0 Å². The van der Waals surface area contributed by atoms with Crippen LogP contribution in [0.5, 0.6) is 0 Å². The van der Waals surface area contributed by atoms with Gasteiger partial charge in [-0.25, -0.2) is 0 Å². The van der Waals surface area contributed by atoms with Gasteiger partial charge in [0.15, 0.2) is 0 Å². The van der Waals surface area contributed by atoms with Crippen LogP contribution in [-0.2, 0) is 0 Å². The molecule has 10 rings (SSSR count). The van der Waals surface area contributed by atoms with Crippen LogP contribution in [-0.4, -0.2) is 0 Å². The van der Waals surface area contributed by atoms with E-state index in [-0.39, 0.29) is 0 Å². The molecule has 0 amide bonds. The summed E-state index contributed by atoms with van der Waals surface area (Å²) in [6, 6.07) is 85.6. The van der Waals surface area contributed by atoms with Crippen LogP contribution in [0, 0.1) is 0 Å². The van der Waals surface area contributed by atoms with Crippen molar-refractivity contribution in [2.24, 2.45) is 0 Å². The summed E-state index contributed by atoms with van der Waals surface area (Å²) in [4.78, 5) is 2.44. The molecule has 10 aromatic rings. The maximum absolute atomic E-state index is 2.44. The Kier molecular flexibility index (Phi) is 8.95. The lowest BCUT2D eigenvalue weighted by Crippen LogP contribution is -2.12. The Labute approximate surface area is 334 Å². The van der Waals surface area contributed by atoms with E-state index in [0.717, 1.165) is 22.6 Å². The van der Waals surface area contributed by atoms with E-state index in [2.05, 4.69) is 241 Å². The van der Waals surface area contributed by atoms with Gasteiger partial charge in [0.05, 0.1) is 11.4 Å². The average Bonchev–Trinajstić information content (AvgIpc) is 3.30. The summed E-state index contributed by atoms with van der Waals surface area (Å²) >= 11 is 0. The second kappa shape index (κ2) is 15.0. The Balaban J connectivity index is 1.21. The molecule has 0 bridgehead atoms. The third-order valence-electron chi connectivity index (χ3n) is 11.0. The maximum Gasteiger partial charge on any atom is 0.0540 e. The number of benzene rings is 10. The topological polar surface area (TPSA) is 3.24 Å². The molecule has 0 radical (unpaired) electrons. The molecule has 0 N–H and O–H groups in total. The fourth-order valence-electron chi connectivity index (χ4n) is 8.47. The molecule has 268 valence electrons. The summed E-state index contributed by atoms with van der Waals surface area (Å²) in [6.45, 7) is 0. The Morgan fingerprint density at radius 2 is 0.632 bits per heavy atom. The van der Waals surface area contributed by atoms with E-state index in [1.54, 1.807) is 0 Å². The first-order valence-electron chi connectivity index (χ1n) is 19.6. The Hall–Kier alpha value is -7.48. The van der Waals surface area contributed by atoms with E-state index in [4.69, 9.17) is 0 Å². The molecule has 1 heteroatoms. The molecule has 0 atom stereocenters. The molecule has 0 unspecified atom stereocenters.